The fourth-order valence-corrected chi connectivity index (χ4v) is 1.79. The highest BCUT2D eigenvalue weighted by Gasteiger charge is 2.14. The molecule has 1 fully saturated rings. The summed E-state index contributed by atoms with van der Waals surface area (Å²) in [6, 6.07) is 0. The van der Waals surface area contributed by atoms with E-state index in [0.717, 1.165) is 19.6 Å². The van der Waals surface area contributed by atoms with Crippen LogP contribution in [-0.2, 0) is 9.53 Å². The van der Waals surface area contributed by atoms with E-state index in [1.807, 2.05) is 13.8 Å². The molecule has 0 atom stereocenters. The van der Waals surface area contributed by atoms with E-state index in [-0.39, 0.29) is 11.8 Å². The van der Waals surface area contributed by atoms with Crippen LogP contribution in [0.5, 0.6) is 0 Å². The Balaban J connectivity index is 1.90. The minimum absolute atomic E-state index is 0.0840. The minimum Gasteiger partial charge on any atom is -0.378 e. The van der Waals surface area contributed by atoms with Crippen molar-refractivity contribution in [3.63, 3.8) is 0 Å². The van der Waals surface area contributed by atoms with Gasteiger partial charge in [-0.3, -0.25) is 4.79 Å². The fourth-order valence-electron chi connectivity index (χ4n) is 1.79. The molecule has 0 aromatic carbocycles. The van der Waals surface area contributed by atoms with Crippen molar-refractivity contribution in [2.24, 2.45) is 5.92 Å². The quantitative estimate of drug-likeness (QED) is 0.686. The van der Waals surface area contributed by atoms with Gasteiger partial charge < -0.3 is 10.1 Å². The number of hydrogen-bond acceptors (Lipinski definition) is 2. The molecule has 1 aliphatic rings. The van der Waals surface area contributed by atoms with Gasteiger partial charge in [-0.15, -0.1) is 0 Å². The van der Waals surface area contributed by atoms with Crippen molar-refractivity contribution in [2.75, 3.05) is 13.2 Å². The summed E-state index contributed by atoms with van der Waals surface area (Å²) in [5, 5.41) is 2.89. The molecule has 0 unspecified atom stereocenters. The van der Waals surface area contributed by atoms with Crippen LogP contribution in [0.25, 0.3) is 0 Å². The number of hydrogen-bond donors (Lipinski definition) is 1. The Kier molecular flexibility index (Phi) is 5.69. The van der Waals surface area contributed by atoms with Crippen molar-refractivity contribution < 1.29 is 9.53 Å². The van der Waals surface area contributed by atoms with Crippen molar-refractivity contribution >= 4 is 5.91 Å². The molecule has 1 amide bonds. The third-order valence-electron chi connectivity index (χ3n) is 2.80. The van der Waals surface area contributed by atoms with Crippen LogP contribution in [0.4, 0.5) is 0 Å². The van der Waals surface area contributed by atoms with E-state index >= 15 is 0 Å². The normalized spacial score (nSPS) is 17.3. The zero-order chi connectivity index (χ0) is 11.1. The van der Waals surface area contributed by atoms with Gasteiger partial charge in [0.25, 0.3) is 0 Å². The lowest BCUT2D eigenvalue weighted by atomic mass is 10.2. The Morgan fingerprint density at radius 3 is 2.67 bits per heavy atom. The van der Waals surface area contributed by atoms with Crippen molar-refractivity contribution in [1.82, 2.24) is 5.32 Å². The van der Waals surface area contributed by atoms with Crippen LogP contribution >= 0.6 is 0 Å². The van der Waals surface area contributed by atoms with Gasteiger partial charge in [0.2, 0.25) is 5.91 Å². The predicted octanol–water partition coefficient (Wildman–Crippen LogP) is 2.11. The molecule has 1 aliphatic carbocycles. The third kappa shape index (κ3) is 5.17. The summed E-state index contributed by atoms with van der Waals surface area (Å²) in [7, 11) is 0. The first-order valence-electron chi connectivity index (χ1n) is 6.09. The molecule has 0 bridgehead atoms. The van der Waals surface area contributed by atoms with Gasteiger partial charge in [0, 0.05) is 19.1 Å². The maximum atomic E-state index is 11.2. The number of ether oxygens (including phenoxy) is 1. The molecule has 0 aromatic heterocycles. The monoisotopic (exact) mass is 213 g/mol. The molecule has 0 aromatic rings. The van der Waals surface area contributed by atoms with E-state index in [4.69, 9.17) is 4.74 Å². The largest absolute Gasteiger partial charge is 0.378 e. The first-order valence-corrected chi connectivity index (χ1v) is 6.09. The van der Waals surface area contributed by atoms with Crippen LogP contribution in [0.2, 0.25) is 0 Å². The molecule has 88 valence electrons. The number of carbonyl (C=O) groups is 1. The number of rotatable bonds is 6. The van der Waals surface area contributed by atoms with Crippen molar-refractivity contribution in [3.8, 4) is 0 Å². The average Bonchev–Trinajstić information content (AvgIpc) is 2.69. The summed E-state index contributed by atoms with van der Waals surface area (Å²) in [6.45, 7) is 5.33. The average molecular weight is 213 g/mol. The van der Waals surface area contributed by atoms with Crippen molar-refractivity contribution in [1.29, 1.82) is 0 Å². The van der Waals surface area contributed by atoms with Crippen LogP contribution < -0.4 is 5.32 Å². The van der Waals surface area contributed by atoms with Gasteiger partial charge in [-0.05, 0) is 19.3 Å². The smallest absolute Gasteiger partial charge is 0.222 e. The molecular formula is C12H23NO2. The molecule has 1 saturated carbocycles. The summed E-state index contributed by atoms with van der Waals surface area (Å²) < 4.78 is 5.69. The third-order valence-corrected chi connectivity index (χ3v) is 2.80. The van der Waals surface area contributed by atoms with Crippen molar-refractivity contribution in [2.45, 2.75) is 52.1 Å². The second-order valence-corrected chi connectivity index (χ2v) is 4.58. The van der Waals surface area contributed by atoms with Crippen LogP contribution in [-0.4, -0.2) is 25.2 Å². The number of amides is 1. The number of carbonyl (C=O) groups excluding carboxylic acids is 1. The predicted molar refractivity (Wildman–Crippen MR) is 60.7 cm³/mol. The Labute approximate surface area is 92.6 Å². The SMILES string of the molecule is CC(C)C(=O)NCCCOC1CCCC1. The van der Waals surface area contributed by atoms with Crippen molar-refractivity contribution in [3.05, 3.63) is 0 Å². The summed E-state index contributed by atoms with van der Waals surface area (Å²) >= 11 is 0. The molecule has 0 spiro atoms. The fraction of sp³-hybridized carbons (Fsp3) is 0.917. The first-order chi connectivity index (χ1) is 7.20. The molecule has 0 heterocycles. The Bertz CT molecular complexity index is 186. The second-order valence-electron chi connectivity index (χ2n) is 4.58. The molecule has 0 radical (unpaired) electrons. The molecule has 3 nitrogen and oxygen atoms in total. The maximum Gasteiger partial charge on any atom is 0.222 e. The summed E-state index contributed by atoms with van der Waals surface area (Å²) in [6.07, 6.45) is 6.49. The topological polar surface area (TPSA) is 38.3 Å². The number of nitrogens with one attached hydrogen (secondary N) is 1. The molecule has 1 N–H and O–H groups in total. The summed E-state index contributed by atoms with van der Waals surface area (Å²) in [5.41, 5.74) is 0. The van der Waals surface area contributed by atoms with E-state index in [2.05, 4.69) is 5.32 Å². The second kappa shape index (κ2) is 6.83. The zero-order valence-electron chi connectivity index (χ0n) is 9.92. The van der Waals surface area contributed by atoms with Gasteiger partial charge in [0.1, 0.15) is 0 Å². The molecule has 3 heteroatoms. The lowest BCUT2D eigenvalue weighted by molar-refractivity contribution is -0.124. The molecular weight excluding hydrogens is 190 g/mol. The zero-order valence-corrected chi connectivity index (χ0v) is 9.92. The first kappa shape index (κ1) is 12.5. The molecule has 0 aliphatic heterocycles. The molecule has 1 rings (SSSR count). The lowest BCUT2D eigenvalue weighted by Gasteiger charge is -2.11. The highest BCUT2D eigenvalue weighted by atomic mass is 16.5. The van der Waals surface area contributed by atoms with Gasteiger partial charge >= 0.3 is 0 Å². The van der Waals surface area contributed by atoms with Crippen LogP contribution in [0.1, 0.15) is 46.0 Å². The van der Waals surface area contributed by atoms with E-state index in [0.29, 0.717) is 6.10 Å². The van der Waals surface area contributed by atoms with E-state index in [9.17, 15) is 4.79 Å². The van der Waals surface area contributed by atoms with Crippen LogP contribution in [0, 0.1) is 5.92 Å². The summed E-state index contributed by atoms with van der Waals surface area (Å²) in [5.74, 6) is 0.219. The maximum absolute atomic E-state index is 11.2. The summed E-state index contributed by atoms with van der Waals surface area (Å²) in [4.78, 5) is 11.2. The highest BCUT2D eigenvalue weighted by molar-refractivity contribution is 5.77. The van der Waals surface area contributed by atoms with E-state index < -0.39 is 0 Å². The van der Waals surface area contributed by atoms with Gasteiger partial charge in [-0.1, -0.05) is 26.7 Å². The lowest BCUT2D eigenvalue weighted by Crippen LogP contribution is -2.29. The Morgan fingerprint density at radius 2 is 2.07 bits per heavy atom. The minimum atomic E-state index is 0.0840. The van der Waals surface area contributed by atoms with Gasteiger partial charge in [0.15, 0.2) is 0 Å². The van der Waals surface area contributed by atoms with Crippen LogP contribution in [0.3, 0.4) is 0 Å². The van der Waals surface area contributed by atoms with E-state index in [1.54, 1.807) is 0 Å². The molecule has 15 heavy (non-hydrogen) atoms. The van der Waals surface area contributed by atoms with Gasteiger partial charge in [-0.2, -0.15) is 0 Å². The van der Waals surface area contributed by atoms with Gasteiger partial charge in [-0.25, -0.2) is 0 Å². The van der Waals surface area contributed by atoms with Gasteiger partial charge in [0.05, 0.1) is 6.10 Å². The van der Waals surface area contributed by atoms with Crippen LogP contribution in [0.15, 0.2) is 0 Å². The molecule has 0 saturated heterocycles. The Morgan fingerprint density at radius 1 is 1.40 bits per heavy atom. The standard InChI is InChI=1S/C12H23NO2/c1-10(2)12(14)13-8-5-9-15-11-6-3-4-7-11/h10-11H,3-9H2,1-2H3,(H,13,14). The highest BCUT2D eigenvalue weighted by Crippen LogP contribution is 2.20. The van der Waals surface area contributed by atoms with E-state index in [1.165, 1.54) is 25.7 Å². The Hall–Kier alpha value is -0.570.